The first kappa shape index (κ1) is 21.3. The van der Waals surface area contributed by atoms with Gasteiger partial charge in [-0.3, -0.25) is 14.5 Å². The fourth-order valence-electron chi connectivity index (χ4n) is 3.98. The number of nitrogens with one attached hydrogen (secondary N) is 3. The molecule has 3 aromatic carbocycles. The van der Waals surface area contributed by atoms with Crippen LogP contribution in [0.1, 0.15) is 12.5 Å². The predicted molar refractivity (Wildman–Crippen MR) is 124 cm³/mol. The van der Waals surface area contributed by atoms with E-state index < -0.39 is 29.9 Å². The Morgan fingerprint density at radius 2 is 1.79 bits per heavy atom. The lowest BCUT2D eigenvalue weighted by atomic mass is 9.92. The maximum Gasteiger partial charge on any atom is 0.325 e. The Kier molecular flexibility index (Phi) is 5.09. The van der Waals surface area contributed by atoms with Gasteiger partial charge in [-0.1, -0.05) is 30.3 Å². The molecular weight excluding hydrogens is 437 g/mol. The fourth-order valence-corrected chi connectivity index (χ4v) is 3.98. The molecule has 0 bridgehead atoms. The molecule has 0 aliphatic carbocycles. The summed E-state index contributed by atoms with van der Waals surface area (Å²) in [5.74, 6) is -0.776. The van der Waals surface area contributed by atoms with Crippen molar-refractivity contribution in [1.82, 2.24) is 20.2 Å². The summed E-state index contributed by atoms with van der Waals surface area (Å²) < 4.78 is 13.2. The molecule has 1 unspecified atom stereocenters. The monoisotopic (exact) mass is 457 g/mol. The number of imide groups is 1. The minimum Gasteiger partial charge on any atom is -0.338 e. The highest BCUT2D eigenvalue weighted by Crippen LogP contribution is 2.29. The van der Waals surface area contributed by atoms with Crippen molar-refractivity contribution in [3.8, 4) is 11.4 Å². The molecule has 1 aromatic heterocycles. The average Bonchev–Trinajstić information content (AvgIpc) is 3.34. The number of aromatic amines is 1. The number of nitrogens with zero attached hydrogens (tertiary/aromatic N) is 2. The molecule has 170 valence electrons. The summed E-state index contributed by atoms with van der Waals surface area (Å²) in [6.45, 7) is 1.19. The predicted octanol–water partition coefficient (Wildman–Crippen LogP) is 3.77. The van der Waals surface area contributed by atoms with Gasteiger partial charge in [-0.25, -0.2) is 14.2 Å². The van der Waals surface area contributed by atoms with E-state index in [1.54, 1.807) is 61.5 Å². The first-order valence-corrected chi connectivity index (χ1v) is 10.6. The molecule has 2 heterocycles. The van der Waals surface area contributed by atoms with Crippen molar-refractivity contribution in [2.45, 2.75) is 12.5 Å². The van der Waals surface area contributed by atoms with E-state index in [2.05, 4.69) is 20.6 Å². The summed E-state index contributed by atoms with van der Waals surface area (Å²) in [5, 5.41) is 5.40. The number of benzene rings is 3. The summed E-state index contributed by atoms with van der Waals surface area (Å²) in [7, 11) is 0. The molecule has 0 radical (unpaired) electrons. The van der Waals surface area contributed by atoms with Gasteiger partial charge in [-0.15, -0.1) is 0 Å². The van der Waals surface area contributed by atoms with Crippen LogP contribution < -0.4 is 10.6 Å². The van der Waals surface area contributed by atoms with Crippen LogP contribution in [0.25, 0.3) is 22.4 Å². The summed E-state index contributed by atoms with van der Waals surface area (Å²) in [4.78, 5) is 46.7. The zero-order valence-electron chi connectivity index (χ0n) is 18.1. The molecule has 1 aliphatic rings. The highest BCUT2D eigenvalue weighted by Gasteiger charge is 2.49. The molecule has 5 rings (SSSR count). The van der Waals surface area contributed by atoms with Gasteiger partial charge in [-0.2, -0.15) is 0 Å². The molecule has 3 N–H and O–H groups in total. The zero-order valence-corrected chi connectivity index (χ0v) is 18.1. The Labute approximate surface area is 193 Å². The summed E-state index contributed by atoms with van der Waals surface area (Å²) in [6.07, 6.45) is 0. The quantitative estimate of drug-likeness (QED) is 0.397. The Morgan fingerprint density at radius 1 is 1.06 bits per heavy atom. The maximum absolute atomic E-state index is 13.2. The van der Waals surface area contributed by atoms with Gasteiger partial charge in [-0.05, 0) is 55.0 Å². The van der Waals surface area contributed by atoms with Crippen molar-refractivity contribution in [3.05, 3.63) is 84.2 Å². The van der Waals surface area contributed by atoms with Gasteiger partial charge in [0, 0.05) is 11.3 Å². The Morgan fingerprint density at radius 3 is 2.53 bits per heavy atom. The highest BCUT2D eigenvalue weighted by atomic mass is 19.1. The third kappa shape index (κ3) is 3.77. The number of amides is 4. The summed E-state index contributed by atoms with van der Waals surface area (Å²) in [5.41, 5.74) is 1.95. The number of carbonyl (C=O) groups excluding carboxylic acids is 3. The van der Waals surface area contributed by atoms with Crippen molar-refractivity contribution in [2.75, 3.05) is 11.9 Å². The van der Waals surface area contributed by atoms with Crippen LogP contribution in [0.15, 0.2) is 72.8 Å². The Hall–Kier alpha value is -4.53. The number of anilines is 1. The zero-order chi connectivity index (χ0) is 23.9. The van der Waals surface area contributed by atoms with E-state index in [0.29, 0.717) is 28.1 Å². The second-order valence-corrected chi connectivity index (χ2v) is 8.18. The van der Waals surface area contributed by atoms with Crippen LogP contribution in [-0.4, -0.2) is 39.3 Å². The molecule has 4 aromatic rings. The number of halogens is 1. The first-order valence-electron chi connectivity index (χ1n) is 10.6. The normalized spacial score (nSPS) is 17.8. The Bertz CT molecular complexity index is 1420. The molecule has 1 aliphatic heterocycles. The van der Waals surface area contributed by atoms with Gasteiger partial charge >= 0.3 is 6.03 Å². The molecule has 1 fully saturated rings. The molecule has 0 spiro atoms. The second kappa shape index (κ2) is 8.11. The number of hydrogen-bond acceptors (Lipinski definition) is 4. The van der Waals surface area contributed by atoms with Gasteiger partial charge in [0.15, 0.2) is 0 Å². The number of H-pyrrole nitrogens is 1. The number of urea groups is 1. The van der Waals surface area contributed by atoms with E-state index in [1.165, 1.54) is 12.1 Å². The van der Waals surface area contributed by atoms with Crippen molar-refractivity contribution in [2.24, 2.45) is 0 Å². The average molecular weight is 457 g/mol. The molecule has 34 heavy (non-hydrogen) atoms. The van der Waals surface area contributed by atoms with Gasteiger partial charge in [0.25, 0.3) is 5.91 Å². The molecule has 1 atom stereocenters. The number of carbonyl (C=O) groups is 3. The highest BCUT2D eigenvalue weighted by molar-refractivity contribution is 6.10. The third-order valence-corrected chi connectivity index (χ3v) is 5.81. The number of aromatic nitrogens is 2. The number of rotatable bonds is 5. The lowest BCUT2D eigenvalue weighted by Gasteiger charge is -2.22. The van der Waals surface area contributed by atoms with Crippen molar-refractivity contribution in [1.29, 1.82) is 0 Å². The van der Waals surface area contributed by atoms with Gasteiger partial charge < -0.3 is 15.6 Å². The lowest BCUT2D eigenvalue weighted by molar-refractivity contribution is -0.133. The topological polar surface area (TPSA) is 107 Å². The van der Waals surface area contributed by atoms with Crippen LogP contribution in [0.3, 0.4) is 0 Å². The summed E-state index contributed by atoms with van der Waals surface area (Å²) in [6, 6.07) is 19.3. The van der Waals surface area contributed by atoms with Crippen LogP contribution in [0, 0.1) is 5.82 Å². The minimum absolute atomic E-state index is 0.334. The number of fused-ring (bicyclic) bond motifs is 1. The molecule has 4 amide bonds. The van der Waals surface area contributed by atoms with Crippen molar-refractivity contribution in [3.63, 3.8) is 0 Å². The standard InChI is InChI=1S/C25H20FN5O3/c1-25(16-5-3-2-4-6-16)23(33)31(24(34)30-25)14-21(32)27-18-11-12-19-20(13-18)29-22(28-19)15-7-9-17(26)10-8-15/h2-13H,14H2,1H3,(H,27,32)(H,28,29)(H,30,34). The van der Waals surface area contributed by atoms with E-state index in [-0.39, 0.29) is 5.82 Å². The molecule has 0 saturated carbocycles. The SMILES string of the molecule is CC1(c2ccccc2)NC(=O)N(CC(=O)Nc2ccc3nc(-c4ccc(F)cc4)[nH]c3c2)C1=O. The largest absolute Gasteiger partial charge is 0.338 e. The lowest BCUT2D eigenvalue weighted by Crippen LogP contribution is -2.42. The van der Waals surface area contributed by atoms with Crippen LogP contribution in [0.2, 0.25) is 0 Å². The van der Waals surface area contributed by atoms with Crippen LogP contribution >= 0.6 is 0 Å². The third-order valence-electron chi connectivity index (χ3n) is 5.81. The van der Waals surface area contributed by atoms with E-state index in [0.717, 1.165) is 10.5 Å². The van der Waals surface area contributed by atoms with E-state index >= 15 is 0 Å². The molecule has 1 saturated heterocycles. The van der Waals surface area contributed by atoms with Crippen LogP contribution in [-0.2, 0) is 15.1 Å². The van der Waals surface area contributed by atoms with Gasteiger partial charge in [0.1, 0.15) is 23.7 Å². The smallest absolute Gasteiger partial charge is 0.325 e. The van der Waals surface area contributed by atoms with Gasteiger partial charge in [0.2, 0.25) is 5.91 Å². The van der Waals surface area contributed by atoms with Crippen molar-refractivity contribution >= 4 is 34.6 Å². The molecule has 8 nitrogen and oxygen atoms in total. The second-order valence-electron chi connectivity index (χ2n) is 8.18. The number of imidazole rings is 1. The number of hydrogen-bond donors (Lipinski definition) is 3. The molecule has 9 heteroatoms. The van der Waals surface area contributed by atoms with E-state index in [1.807, 2.05) is 6.07 Å². The van der Waals surface area contributed by atoms with Crippen LogP contribution in [0.5, 0.6) is 0 Å². The fraction of sp³-hybridized carbons (Fsp3) is 0.120. The maximum atomic E-state index is 13.2. The first-order chi connectivity index (χ1) is 16.3. The van der Waals surface area contributed by atoms with E-state index in [9.17, 15) is 18.8 Å². The van der Waals surface area contributed by atoms with E-state index in [4.69, 9.17) is 0 Å². The summed E-state index contributed by atoms with van der Waals surface area (Å²) >= 11 is 0. The minimum atomic E-state index is -1.23. The molecular formula is C25H20FN5O3. The van der Waals surface area contributed by atoms with Crippen LogP contribution in [0.4, 0.5) is 14.9 Å². The van der Waals surface area contributed by atoms with Gasteiger partial charge in [0.05, 0.1) is 11.0 Å². The van der Waals surface area contributed by atoms with Crippen molar-refractivity contribution < 1.29 is 18.8 Å². The Balaban J connectivity index is 1.30.